The number of nitrogens with zero attached hydrogens (tertiary/aromatic N) is 5. The quantitative estimate of drug-likeness (QED) is 0.561. The summed E-state index contributed by atoms with van der Waals surface area (Å²) in [4.78, 5) is 8.59. The molecule has 0 bridgehead atoms. The minimum atomic E-state index is -4.38. The van der Waals surface area contributed by atoms with Gasteiger partial charge in [-0.3, -0.25) is 14.2 Å². The topological polar surface area (TPSA) is 94.8 Å². The third kappa shape index (κ3) is 3.24. The van der Waals surface area contributed by atoms with Crippen molar-refractivity contribution in [3.63, 3.8) is 0 Å². The molecule has 0 saturated heterocycles. The number of nitrogens with two attached hydrogens (primary N) is 1. The number of aromatic hydroxyl groups is 1. The Balaban J connectivity index is 1.79. The van der Waals surface area contributed by atoms with Gasteiger partial charge >= 0.3 is 6.18 Å². The summed E-state index contributed by atoms with van der Waals surface area (Å²) in [5.74, 6) is -0.121. The fourth-order valence-electron chi connectivity index (χ4n) is 3.08. The van der Waals surface area contributed by atoms with Crippen molar-refractivity contribution in [3.05, 3.63) is 48.7 Å². The molecule has 0 aliphatic rings. The first-order chi connectivity index (χ1) is 13.2. The molecule has 0 fully saturated rings. The van der Waals surface area contributed by atoms with Gasteiger partial charge in [0.15, 0.2) is 0 Å². The molecule has 10 heteroatoms. The first kappa shape index (κ1) is 17.8. The Hall–Kier alpha value is -3.56. The van der Waals surface area contributed by atoms with Gasteiger partial charge in [-0.25, -0.2) is 4.98 Å². The lowest BCUT2D eigenvalue weighted by molar-refractivity contribution is -0.142. The van der Waals surface area contributed by atoms with E-state index in [1.54, 1.807) is 24.5 Å². The van der Waals surface area contributed by atoms with Gasteiger partial charge in [0.25, 0.3) is 0 Å². The van der Waals surface area contributed by atoms with Crippen LogP contribution in [0.15, 0.2) is 43.1 Å². The number of fused-ring (bicyclic) bond motifs is 1. The Kier molecular flexibility index (Phi) is 3.98. The maximum Gasteiger partial charge on any atom is 0.408 e. The minimum Gasteiger partial charge on any atom is -0.494 e. The molecule has 0 saturated carbocycles. The number of aryl methyl sites for hydroxylation is 1. The Labute approximate surface area is 156 Å². The number of halogens is 3. The van der Waals surface area contributed by atoms with Crippen LogP contribution in [0.25, 0.3) is 27.8 Å². The minimum absolute atomic E-state index is 0.121. The predicted octanol–water partition coefficient (Wildman–Crippen LogP) is 3.44. The molecule has 0 radical (unpaired) electrons. The van der Waals surface area contributed by atoms with E-state index in [0.717, 1.165) is 15.8 Å². The predicted molar refractivity (Wildman–Crippen MR) is 97.0 cm³/mol. The van der Waals surface area contributed by atoms with E-state index < -0.39 is 12.7 Å². The zero-order valence-electron chi connectivity index (χ0n) is 14.6. The molecule has 0 spiro atoms. The summed E-state index contributed by atoms with van der Waals surface area (Å²) in [7, 11) is 0. The Morgan fingerprint density at radius 1 is 1.14 bits per heavy atom. The highest BCUT2D eigenvalue weighted by Crippen LogP contribution is 2.34. The Bertz CT molecular complexity index is 1180. The van der Waals surface area contributed by atoms with Gasteiger partial charge in [-0.1, -0.05) is 0 Å². The second kappa shape index (κ2) is 6.25. The number of pyridine rings is 2. The van der Waals surface area contributed by atoms with E-state index in [-0.39, 0.29) is 5.88 Å². The first-order valence-electron chi connectivity index (χ1n) is 8.23. The standard InChI is InChI=1S/C18H15F3N6O/c1-10-2-14(11-3-12(22)5-23-4-11)25-15-8-27(17(28)16(10)15)13-6-24-26(7-13)9-18(19,20)21/h2-8,28H,9,22H2,1H3. The number of alkyl halides is 3. The molecule has 7 nitrogen and oxygen atoms in total. The lowest BCUT2D eigenvalue weighted by Gasteiger charge is -2.05. The van der Waals surface area contributed by atoms with E-state index in [0.29, 0.717) is 28.0 Å². The summed E-state index contributed by atoms with van der Waals surface area (Å²) in [5, 5.41) is 14.8. The third-order valence-electron chi connectivity index (χ3n) is 4.24. The molecule has 144 valence electrons. The van der Waals surface area contributed by atoms with Crippen molar-refractivity contribution in [2.45, 2.75) is 19.6 Å². The third-order valence-corrected chi connectivity index (χ3v) is 4.24. The lowest BCUT2D eigenvalue weighted by Crippen LogP contribution is -2.17. The van der Waals surface area contributed by atoms with Gasteiger partial charge in [0.05, 0.1) is 34.2 Å². The molecule has 4 rings (SSSR count). The van der Waals surface area contributed by atoms with Gasteiger partial charge in [-0.15, -0.1) is 0 Å². The van der Waals surface area contributed by atoms with Crippen molar-refractivity contribution in [2.24, 2.45) is 0 Å². The zero-order chi connectivity index (χ0) is 20.1. The van der Waals surface area contributed by atoms with E-state index in [1.165, 1.54) is 23.2 Å². The smallest absolute Gasteiger partial charge is 0.408 e. The highest BCUT2D eigenvalue weighted by molar-refractivity contribution is 5.90. The number of nitrogen functional groups attached to an aromatic ring is 1. The fraction of sp³-hybridized carbons (Fsp3) is 0.167. The second-order valence-electron chi connectivity index (χ2n) is 6.43. The molecule has 4 aromatic heterocycles. The molecular formula is C18H15F3N6O. The molecule has 4 aromatic rings. The van der Waals surface area contributed by atoms with Gasteiger partial charge in [0.2, 0.25) is 5.88 Å². The second-order valence-corrected chi connectivity index (χ2v) is 6.43. The van der Waals surface area contributed by atoms with E-state index in [9.17, 15) is 18.3 Å². The molecule has 4 heterocycles. The first-order valence-corrected chi connectivity index (χ1v) is 8.23. The van der Waals surface area contributed by atoms with Gasteiger partial charge in [-0.2, -0.15) is 18.3 Å². The molecule has 0 aromatic carbocycles. The number of anilines is 1. The van der Waals surface area contributed by atoms with Crippen LogP contribution in [0.2, 0.25) is 0 Å². The average Bonchev–Trinajstić information content (AvgIpc) is 3.18. The molecular weight excluding hydrogens is 373 g/mol. The van der Waals surface area contributed by atoms with Crippen LogP contribution in [0, 0.1) is 6.92 Å². The molecule has 3 N–H and O–H groups in total. The van der Waals surface area contributed by atoms with Crippen molar-refractivity contribution in [1.82, 2.24) is 24.3 Å². The van der Waals surface area contributed by atoms with Gasteiger partial charge in [0.1, 0.15) is 6.54 Å². The van der Waals surface area contributed by atoms with Gasteiger partial charge in [0, 0.05) is 30.4 Å². The van der Waals surface area contributed by atoms with E-state index >= 15 is 0 Å². The van der Waals surface area contributed by atoms with E-state index in [4.69, 9.17) is 5.73 Å². The van der Waals surface area contributed by atoms with Gasteiger partial charge in [-0.05, 0) is 24.6 Å². The maximum atomic E-state index is 12.5. The maximum absolute atomic E-state index is 12.5. The number of hydrogen-bond donors (Lipinski definition) is 2. The largest absolute Gasteiger partial charge is 0.494 e. The number of rotatable bonds is 3. The SMILES string of the molecule is Cc1cc(-c2cncc(N)c2)nc2cn(-c3cnn(CC(F)(F)F)c3)c(O)c12. The van der Waals surface area contributed by atoms with Crippen LogP contribution in [0.5, 0.6) is 5.88 Å². The normalized spacial score (nSPS) is 12.0. The summed E-state index contributed by atoms with van der Waals surface area (Å²) < 4.78 is 39.8. The van der Waals surface area contributed by atoms with Crippen molar-refractivity contribution >= 4 is 16.6 Å². The zero-order valence-corrected chi connectivity index (χ0v) is 14.6. The molecule has 0 aliphatic heterocycles. The summed E-state index contributed by atoms with van der Waals surface area (Å²) in [6.45, 7) is 0.600. The van der Waals surface area contributed by atoms with E-state index in [1.807, 2.05) is 6.92 Å². The van der Waals surface area contributed by atoms with Crippen molar-refractivity contribution in [2.75, 3.05) is 5.73 Å². The van der Waals surface area contributed by atoms with Crippen LogP contribution in [0.3, 0.4) is 0 Å². The van der Waals surface area contributed by atoms with Crippen molar-refractivity contribution in [3.8, 4) is 22.8 Å². The fourth-order valence-corrected chi connectivity index (χ4v) is 3.08. The number of aromatic nitrogens is 5. The Morgan fingerprint density at radius 2 is 1.93 bits per heavy atom. The van der Waals surface area contributed by atoms with Crippen LogP contribution in [0.4, 0.5) is 18.9 Å². The van der Waals surface area contributed by atoms with Gasteiger partial charge < -0.3 is 10.8 Å². The summed E-state index contributed by atoms with van der Waals surface area (Å²) in [6, 6.07) is 3.52. The van der Waals surface area contributed by atoms with Crippen LogP contribution < -0.4 is 5.73 Å². The van der Waals surface area contributed by atoms with Crippen LogP contribution in [-0.4, -0.2) is 35.6 Å². The van der Waals surface area contributed by atoms with Crippen LogP contribution in [-0.2, 0) is 6.54 Å². The molecule has 0 atom stereocenters. The highest BCUT2D eigenvalue weighted by atomic mass is 19.4. The highest BCUT2D eigenvalue weighted by Gasteiger charge is 2.28. The summed E-state index contributed by atoms with van der Waals surface area (Å²) in [6.07, 6.45) is 2.78. The molecule has 0 unspecified atom stereocenters. The van der Waals surface area contributed by atoms with Crippen molar-refractivity contribution < 1.29 is 18.3 Å². The lowest BCUT2D eigenvalue weighted by atomic mass is 10.1. The van der Waals surface area contributed by atoms with Crippen LogP contribution in [0.1, 0.15) is 5.56 Å². The number of hydrogen-bond acceptors (Lipinski definition) is 5. The summed E-state index contributed by atoms with van der Waals surface area (Å²) in [5.41, 5.74) is 9.14. The molecule has 0 aliphatic carbocycles. The van der Waals surface area contributed by atoms with Crippen molar-refractivity contribution in [1.29, 1.82) is 0 Å². The monoisotopic (exact) mass is 388 g/mol. The van der Waals surface area contributed by atoms with E-state index in [2.05, 4.69) is 15.1 Å². The Morgan fingerprint density at radius 3 is 2.64 bits per heavy atom. The summed E-state index contributed by atoms with van der Waals surface area (Å²) >= 11 is 0. The van der Waals surface area contributed by atoms with Crippen LogP contribution >= 0.6 is 0 Å². The average molecular weight is 388 g/mol. The molecule has 28 heavy (non-hydrogen) atoms. The molecule has 0 amide bonds.